The Hall–Kier alpha value is -3.24. The molecule has 4 rings (SSSR count). The molecule has 4 aromatic rings. The molecule has 0 aromatic carbocycles. The predicted molar refractivity (Wildman–Crippen MR) is 99.4 cm³/mol. The summed E-state index contributed by atoms with van der Waals surface area (Å²) in [6.07, 6.45) is -1.35. The molecule has 0 radical (unpaired) electrons. The smallest absolute Gasteiger partial charge is 0.341 e. The largest absolute Gasteiger partial charge is 0.408 e. The van der Waals surface area contributed by atoms with E-state index < -0.39 is 18.9 Å². The number of hydrogen-bond acceptors (Lipinski definition) is 5. The maximum atomic E-state index is 12.9. The fraction of sp³-hybridized carbons (Fsp3) is 0.333. The maximum Gasteiger partial charge on any atom is 0.408 e. The first-order valence-corrected chi connectivity index (χ1v) is 8.86. The number of nitrogens with zero attached hydrogens (tertiary/aromatic N) is 6. The highest BCUT2D eigenvalue weighted by Gasteiger charge is 2.36. The molecule has 4 aromatic heterocycles. The van der Waals surface area contributed by atoms with Crippen LogP contribution in [-0.2, 0) is 6.54 Å². The van der Waals surface area contributed by atoms with Crippen LogP contribution in [0.4, 0.5) is 23.5 Å². The zero-order valence-corrected chi connectivity index (χ0v) is 15.6. The van der Waals surface area contributed by atoms with Gasteiger partial charge in [-0.15, -0.1) is 5.10 Å². The number of fused-ring (bicyclic) bond motifs is 2. The Morgan fingerprint density at radius 1 is 1.17 bits per heavy atom. The minimum Gasteiger partial charge on any atom is -0.341 e. The average Bonchev–Trinajstić information content (AvgIpc) is 3.21. The molecule has 11 heteroatoms. The van der Waals surface area contributed by atoms with Crippen LogP contribution >= 0.6 is 0 Å². The van der Waals surface area contributed by atoms with Crippen LogP contribution in [0.3, 0.4) is 0 Å². The van der Waals surface area contributed by atoms with Gasteiger partial charge in [-0.1, -0.05) is 0 Å². The van der Waals surface area contributed by atoms with Crippen molar-refractivity contribution in [2.75, 3.05) is 12.0 Å². The summed E-state index contributed by atoms with van der Waals surface area (Å²) in [5, 5.41) is 6.33. The Balaban J connectivity index is 1.72. The Morgan fingerprint density at radius 2 is 1.97 bits per heavy atom. The van der Waals surface area contributed by atoms with E-state index in [1.54, 1.807) is 35.9 Å². The third-order valence-electron chi connectivity index (χ3n) is 4.62. The Labute approximate surface area is 162 Å². The van der Waals surface area contributed by atoms with E-state index in [-0.39, 0.29) is 12.5 Å². The molecule has 0 saturated heterocycles. The monoisotopic (exact) mass is 407 g/mol. The number of rotatable bonds is 5. The highest BCUT2D eigenvalue weighted by molar-refractivity contribution is 5.82. The molecule has 0 amide bonds. The zero-order valence-electron chi connectivity index (χ0n) is 15.6. The molecule has 0 aliphatic carbocycles. The number of imidazole rings is 1. The van der Waals surface area contributed by atoms with Crippen molar-refractivity contribution >= 4 is 22.6 Å². The topological polar surface area (TPSA) is 72.9 Å². The van der Waals surface area contributed by atoms with Gasteiger partial charge in [-0.3, -0.25) is 0 Å². The van der Waals surface area contributed by atoms with E-state index in [4.69, 9.17) is 0 Å². The fourth-order valence-electron chi connectivity index (χ4n) is 3.08. The van der Waals surface area contributed by atoms with Gasteiger partial charge in [0.15, 0.2) is 5.65 Å². The van der Waals surface area contributed by atoms with E-state index in [2.05, 4.69) is 25.4 Å². The minimum absolute atomic E-state index is 0.135. The lowest BCUT2D eigenvalue weighted by Crippen LogP contribution is -2.33. The molecule has 4 heterocycles. The van der Waals surface area contributed by atoms with Gasteiger partial charge < -0.3 is 9.88 Å². The van der Waals surface area contributed by atoms with Crippen LogP contribution in [0.1, 0.15) is 12.7 Å². The standard InChI is InChI=1S/C18H17F4N7/c1-10(18(20,21)22)24-17-23-9-15-12(5-7-29(15)27-17)13-3-4-14-16(26-13)28(8-6-19)11(2)25-14/h3-5,7,9-10H,6,8H2,1-2H3,(H,24,27)/t10-/m1/s1. The quantitative estimate of drug-likeness (QED) is 0.510. The van der Waals surface area contributed by atoms with Crippen molar-refractivity contribution in [3.05, 3.63) is 36.4 Å². The summed E-state index contributed by atoms with van der Waals surface area (Å²) in [4.78, 5) is 13.0. The van der Waals surface area contributed by atoms with E-state index in [0.29, 0.717) is 33.8 Å². The molecule has 29 heavy (non-hydrogen) atoms. The number of aromatic nitrogens is 6. The van der Waals surface area contributed by atoms with E-state index in [9.17, 15) is 17.6 Å². The summed E-state index contributed by atoms with van der Waals surface area (Å²) >= 11 is 0. The van der Waals surface area contributed by atoms with Crippen molar-refractivity contribution < 1.29 is 17.6 Å². The first kappa shape index (κ1) is 19.1. The van der Waals surface area contributed by atoms with Crippen LogP contribution in [0, 0.1) is 6.92 Å². The second kappa shape index (κ2) is 6.98. The maximum absolute atomic E-state index is 12.9. The Morgan fingerprint density at radius 3 is 2.69 bits per heavy atom. The predicted octanol–water partition coefficient (Wildman–Crippen LogP) is 3.78. The van der Waals surface area contributed by atoms with Crippen molar-refractivity contribution in [1.82, 2.24) is 29.1 Å². The summed E-state index contributed by atoms with van der Waals surface area (Å²) in [5.74, 6) is 0.534. The van der Waals surface area contributed by atoms with Crippen molar-refractivity contribution in [3.8, 4) is 11.3 Å². The van der Waals surface area contributed by atoms with Gasteiger partial charge in [0.25, 0.3) is 0 Å². The third kappa shape index (κ3) is 3.47. The summed E-state index contributed by atoms with van der Waals surface area (Å²) in [5.41, 5.74) is 3.11. The lowest BCUT2D eigenvalue weighted by molar-refractivity contribution is -0.138. The highest BCUT2D eigenvalue weighted by Crippen LogP contribution is 2.27. The number of pyridine rings is 1. The van der Waals surface area contributed by atoms with Gasteiger partial charge in [0.1, 0.15) is 24.1 Å². The molecule has 0 aliphatic heterocycles. The van der Waals surface area contributed by atoms with E-state index in [1.165, 1.54) is 10.7 Å². The molecule has 0 unspecified atom stereocenters. The molecule has 0 bridgehead atoms. The number of alkyl halides is 4. The molecule has 0 saturated carbocycles. The first-order chi connectivity index (χ1) is 13.8. The number of aryl methyl sites for hydroxylation is 2. The second-order valence-corrected chi connectivity index (χ2v) is 6.59. The van der Waals surface area contributed by atoms with Gasteiger partial charge in [0.2, 0.25) is 5.95 Å². The van der Waals surface area contributed by atoms with Crippen molar-refractivity contribution in [3.63, 3.8) is 0 Å². The van der Waals surface area contributed by atoms with Crippen LogP contribution in [0.15, 0.2) is 30.6 Å². The Kier molecular flexibility index (Phi) is 4.59. The molecular weight excluding hydrogens is 390 g/mol. The highest BCUT2D eigenvalue weighted by atomic mass is 19.4. The lowest BCUT2D eigenvalue weighted by atomic mass is 10.2. The summed E-state index contributed by atoms with van der Waals surface area (Å²) in [7, 11) is 0. The molecule has 152 valence electrons. The normalized spacial score (nSPS) is 13.3. The van der Waals surface area contributed by atoms with Gasteiger partial charge in [-0.05, 0) is 32.0 Å². The summed E-state index contributed by atoms with van der Waals surface area (Å²) < 4.78 is 54.2. The summed E-state index contributed by atoms with van der Waals surface area (Å²) in [6.45, 7) is 2.41. The lowest BCUT2D eigenvalue weighted by Gasteiger charge is -2.16. The SMILES string of the molecule is Cc1nc2ccc(-c3ccn4nc(N[C@H](C)C(F)(F)F)ncc34)nc2n1CCF. The van der Waals surface area contributed by atoms with Crippen molar-refractivity contribution in [2.24, 2.45) is 0 Å². The average molecular weight is 407 g/mol. The van der Waals surface area contributed by atoms with E-state index in [1.807, 2.05) is 0 Å². The summed E-state index contributed by atoms with van der Waals surface area (Å²) in [6, 6.07) is 3.54. The van der Waals surface area contributed by atoms with Crippen LogP contribution in [0.5, 0.6) is 0 Å². The van der Waals surface area contributed by atoms with Crippen LogP contribution in [0.2, 0.25) is 0 Å². The molecule has 0 fully saturated rings. The van der Waals surface area contributed by atoms with Gasteiger partial charge >= 0.3 is 6.18 Å². The van der Waals surface area contributed by atoms with Gasteiger partial charge in [0.05, 0.1) is 24.0 Å². The third-order valence-corrected chi connectivity index (χ3v) is 4.62. The Bertz CT molecular complexity index is 1180. The molecule has 7 nitrogen and oxygen atoms in total. The fourth-order valence-corrected chi connectivity index (χ4v) is 3.08. The molecule has 0 spiro atoms. The molecule has 1 N–H and O–H groups in total. The number of halogens is 4. The van der Waals surface area contributed by atoms with Gasteiger partial charge in [-0.25, -0.2) is 23.9 Å². The van der Waals surface area contributed by atoms with Gasteiger partial charge in [0, 0.05) is 11.8 Å². The van der Waals surface area contributed by atoms with Crippen molar-refractivity contribution in [2.45, 2.75) is 32.6 Å². The molecular formula is C18H17F4N7. The van der Waals surface area contributed by atoms with Crippen molar-refractivity contribution in [1.29, 1.82) is 0 Å². The molecule has 0 aliphatic rings. The molecule has 1 atom stereocenters. The van der Waals surface area contributed by atoms with Crippen LogP contribution in [-0.4, -0.2) is 48.0 Å². The van der Waals surface area contributed by atoms with Crippen LogP contribution in [0.25, 0.3) is 27.9 Å². The minimum atomic E-state index is -4.40. The number of nitrogens with one attached hydrogen (secondary N) is 1. The number of anilines is 1. The second-order valence-electron chi connectivity index (χ2n) is 6.59. The number of hydrogen-bond donors (Lipinski definition) is 1. The van der Waals surface area contributed by atoms with Gasteiger partial charge in [-0.2, -0.15) is 13.2 Å². The zero-order chi connectivity index (χ0) is 20.8. The van der Waals surface area contributed by atoms with Crippen LogP contribution < -0.4 is 5.32 Å². The van der Waals surface area contributed by atoms with E-state index in [0.717, 1.165) is 6.92 Å². The first-order valence-electron chi connectivity index (χ1n) is 8.86. The van der Waals surface area contributed by atoms with E-state index >= 15 is 0 Å².